The van der Waals surface area contributed by atoms with E-state index in [1.807, 2.05) is 0 Å². The smallest absolute Gasteiger partial charge is 0.338 e. The molecule has 1 saturated carbocycles. The summed E-state index contributed by atoms with van der Waals surface area (Å²) in [6, 6.07) is 16.2. The van der Waals surface area contributed by atoms with Crippen LogP contribution in [-0.2, 0) is 37.9 Å². The van der Waals surface area contributed by atoms with Crippen LogP contribution in [0.15, 0.2) is 73.0 Å². The molecule has 4 aliphatic heterocycles. The third-order valence-corrected chi connectivity index (χ3v) is 10.1. The number of ether oxygens (including phenoxy) is 8. The van der Waals surface area contributed by atoms with Crippen LogP contribution in [0.25, 0.3) is 0 Å². The summed E-state index contributed by atoms with van der Waals surface area (Å²) in [6.07, 6.45) is -14.4. The topological polar surface area (TPSA) is 233 Å². The minimum Gasteiger partial charge on any atom is -0.472 e. The third-order valence-electron chi connectivity index (χ3n) is 10.1. The Hall–Kier alpha value is -3.52. The number of carbonyl (C=O) groups is 2. The second kappa shape index (κ2) is 14.5. The molecule has 0 amide bonds. The fourth-order valence-electron chi connectivity index (χ4n) is 7.39. The van der Waals surface area contributed by atoms with Gasteiger partial charge in [-0.05, 0) is 37.3 Å². The fourth-order valence-corrected chi connectivity index (χ4v) is 7.39. The molecule has 16 atom stereocenters. The first kappa shape index (κ1) is 35.9. The summed E-state index contributed by atoms with van der Waals surface area (Å²) < 4.78 is 47.3. The number of fused-ring (bicyclic) bond motifs is 3. The van der Waals surface area contributed by atoms with Gasteiger partial charge in [0.2, 0.25) is 6.29 Å². The molecule has 4 heterocycles. The first-order valence-electron chi connectivity index (χ1n) is 16.7. The van der Waals surface area contributed by atoms with Crippen molar-refractivity contribution in [3.63, 3.8) is 0 Å². The van der Waals surface area contributed by atoms with Crippen molar-refractivity contribution >= 4 is 11.9 Å². The largest absolute Gasteiger partial charge is 0.472 e. The fraction of sp³-hybridized carbons (Fsp3) is 0.543. The second-order valence-electron chi connectivity index (χ2n) is 13.2. The van der Waals surface area contributed by atoms with Gasteiger partial charge in [0.25, 0.3) is 0 Å². The molecule has 7 rings (SSSR count). The van der Waals surface area contributed by atoms with Gasteiger partial charge in [-0.1, -0.05) is 36.4 Å². The maximum atomic E-state index is 13.3. The molecule has 5 aliphatic rings. The Balaban J connectivity index is 1.12. The van der Waals surface area contributed by atoms with Crippen molar-refractivity contribution in [2.75, 3.05) is 13.2 Å². The van der Waals surface area contributed by atoms with Crippen LogP contribution in [-0.4, -0.2) is 141 Å². The molecule has 276 valence electrons. The van der Waals surface area contributed by atoms with Gasteiger partial charge in [-0.25, -0.2) is 9.59 Å². The Kier molecular flexibility index (Phi) is 10.2. The lowest BCUT2D eigenvalue weighted by Crippen LogP contribution is -2.61. The standard InChI is InChI=1S/C35H40O16/c1-16-26(47-30(42)17-8-4-2-5-9-17)25(41)28(48-31(43)18-10-6-3-7-11-18)34(45-16)49-27-19-12-13-44-32(21(19)35(15-37)29(27)51-35)50-33-24(40)23(39)22(38)20(14-36)46-33/h2-13,16,19-29,32-34,36-41H,14-15H2,1H3/t16-,19?,20-,21?,22-,23+,24-,25-,26+,27+,28+,29+,32+,33+,34+,35-/m1/s1. The van der Waals surface area contributed by atoms with E-state index >= 15 is 0 Å². The molecule has 51 heavy (non-hydrogen) atoms. The van der Waals surface area contributed by atoms with E-state index in [-0.39, 0.29) is 11.1 Å². The van der Waals surface area contributed by atoms with Gasteiger partial charge >= 0.3 is 11.9 Å². The van der Waals surface area contributed by atoms with E-state index < -0.39 is 122 Å². The molecule has 2 aromatic carbocycles. The van der Waals surface area contributed by atoms with Crippen LogP contribution in [0.1, 0.15) is 27.6 Å². The average Bonchev–Trinajstić information content (AvgIpc) is 3.83. The number of epoxide rings is 1. The molecule has 0 spiro atoms. The summed E-state index contributed by atoms with van der Waals surface area (Å²) in [5.41, 5.74) is -0.837. The number of benzene rings is 2. The van der Waals surface area contributed by atoms with Crippen LogP contribution in [0.2, 0.25) is 0 Å². The quantitative estimate of drug-likeness (QED) is 0.128. The minimum atomic E-state index is -1.71. The van der Waals surface area contributed by atoms with Gasteiger partial charge in [0.15, 0.2) is 24.8 Å². The molecule has 2 unspecified atom stereocenters. The van der Waals surface area contributed by atoms with Gasteiger partial charge in [-0.3, -0.25) is 0 Å². The summed E-state index contributed by atoms with van der Waals surface area (Å²) in [5, 5.41) is 62.9. The molecule has 0 radical (unpaired) electrons. The molecule has 6 N–H and O–H groups in total. The summed E-state index contributed by atoms with van der Waals surface area (Å²) >= 11 is 0. The number of carbonyl (C=O) groups excluding carboxylic acids is 2. The predicted molar refractivity (Wildman–Crippen MR) is 167 cm³/mol. The Bertz CT molecular complexity index is 1560. The highest BCUT2D eigenvalue weighted by atomic mass is 16.8. The van der Waals surface area contributed by atoms with Crippen molar-refractivity contribution in [3.05, 3.63) is 84.1 Å². The Morgan fingerprint density at radius 2 is 1.35 bits per heavy atom. The maximum absolute atomic E-state index is 13.3. The molecule has 0 aromatic heterocycles. The lowest BCUT2D eigenvalue weighted by Gasteiger charge is -2.44. The van der Waals surface area contributed by atoms with Crippen molar-refractivity contribution < 1.29 is 78.1 Å². The van der Waals surface area contributed by atoms with Gasteiger partial charge in [-0.2, -0.15) is 0 Å². The lowest BCUT2D eigenvalue weighted by molar-refractivity contribution is -0.346. The summed E-state index contributed by atoms with van der Waals surface area (Å²) in [7, 11) is 0. The van der Waals surface area contributed by atoms with Gasteiger partial charge in [-0.15, -0.1) is 0 Å². The normalized spacial score (nSPS) is 42.6. The third kappa shape index (κ3) is 6.55. The molecule has 3 saturated heterocycles. The van der Waals surface area contributed by atoms with Crippen LogP contribution in [0.4, 0.5) is 0 Å². The Labute approximate surface area is 291 Å². The van der Waals surface area contributed by atoms with Crippen LogP contribution >= 0.6 is 0 Å². The van der Waals surface area contributed by atoms with Crippen LogP contribution < -0.4 is 0 Å². The van der Waals surface area contributed by atoms with E-state index in [1.165, 1.54) is 18.4 Å². The van der Waals surface area contributed by atoms with E-state index in [9.17, 15) is 40.2 Å². The zero-order valence-corrected chi connectivity index (χ0v) is 27.3. The Morgan fingerprint density at radius 3 is 1.96 bits per heavy atom. The van der Waals surface area contributed by atoms with Crippen molar-refractivity contribution in [2.45, 2.75) is 92.4 Å². The molecule has 16 nitrogen and oxygen atoms in total. The van der Waals surface area contributed by atoms with E-state index in [1.54, 1.807) is 61.5 Å². The predicted octanol–water partition coefficient (Wildman–Crippen LogP) is -1.01. The van der Waals surface area contributed by atoms with Crippen molar-refractivity contribution in [3.8, 4) is 0 Å². The zero-order valence-electron chi connectivity index (χ0n) is 27.3. The molecule has 4 fully saturated rings. The van der Waals surface area contributed by atoms with E-state index in [4.69, 9.17) is 37.9 Å². The number of hydrogen-bond donors (Lipinski definition) is 6. The molecular weight excluding hydrogens is 676 g/mol. The average molecular weight is 717 g/mol. The van der Waals surface area contributed by atoms with Crippen molar-refractivity contribution in [1.29, 1.82) is 0 Å². The first-order valence-corrected chi connectivity index (χ1v) is 16.7. The summed E-state index contributed by atoms with van der Waals surface area (Å²) in [4.78, 5) is 26.3. The van der Waals surface area contributed by atoms with E-state index in [0.717, 1.165) is 0 Å². The highest BCUT2D eigenvalue weighted by molar-refractivity contribution is 5.90. The first-order chi connectivity index (χ1) is 24.6. The van der Waals surface area contributed by atoms with Gasteiger partial charge < -0.3 is 68.5 Å². The van der Waals surface area contributed by atoms with Crippen LogP contribution in [0, 0.1) is 11.8 Å². The molecular formula is C35H40O16. The molecule has 0 bridgehead atoms. The highest BCUT2D eigenvalue weighted by Crippen LogP contribution is 2.61. The van der Waals surface area contributed by atoms with Crippen LogP contribution in [0.3, 0.4) is 0 Å². The SMILES string of the molecule is C[C@H]1O[C@@H](O[C@H]2C3C=CO[C@@H](O[C@@H]4O[C@H](CO)[C@@H](O)[C@H](O)[C@H]4O)C3[C@@]3(CO)O[C@@H]23)[C@@H](OC(=O)c2ccccc2)[C@H](O)[C@H]1OC(=O)c1ccccc1. The number of hydrogen-bond acceptors (Lipinski definition) is 16. The van der Waals surface area contributed by atoms with Crippen LogP contribution in [0.5, 0.6) is 0 Å². The monoisotopic (exact) mass is 716 g/mol. The minimum absolute atomic E-state index is 0.186. The Morgan fingerprint density at radius 1 is 0.725 bits per heavy atom. The van der Waals surface area contributed by atoms with E-state index in [2.05, 4.69) is 0 Å². The molecule has 16 heteroatoms. The number of esters is 2. The molecule has 1 aliphatic carbocycles. The number of aliphatic hydroxyl groups is 6. The van der Waals surface area contributed by atoms with Crippen molar-refractivity contribution in [1.82, 2.24) is 0 Å². The van der Waals surface area contributed by atoms with Gasteiger partial charge in [0.1, 0.15) is 42.2 Å². The lowest BCUT2D eigenvalue weighted by atomic mass is 9.85. The number of rotatable bonds is 10. The van der Waals surface area contributed by atoms with Gasteiger partial charge in [0.05, 0.1) is 48.7 Å². The van der Waals surface area contributed by atoms with E-state index in [0.29, 0.717) is 0 Å². The van der Waals surface area contributed by atoms with Crippen molar-refractivity contribution in [2.24, 2.45) is 11.8 Å². The zero-order chi connectivity index (χ0) is 36.0. The van der Waals surface area contributed by atoms with Gasteiger partial charge in [0, 0.05) is 5.92 Å². The summed E-state index contributed by atoms with van der Waals surface area (Å²) in [6.45, 7) is 0.399. The number of aliphatic hydroxyl groups excluding tert-OH is 6. The summed E-state index contributed by atoms with van der Waals surface area (Å²) in [5.74, 6) is -2.91. The second-order valence-corrected chi connectivity index (χ2v) is 13.2. The molecule has 2 aromatic rings. The maximum Gasteiger partial charge on any atom is 0.338 e. The highest BCUT2D eigenvalue weighted by Gasteiger charge is 2.77.